The van der Waals surface area contributed by atoms with Gasteiger partial charge in [0.1, 0.15) is 6.29 Å². The first kappa shape index (κ1) is 8.76. The third kappa shape index (κ3) is 3.54. The number of aldehydes is 1. The highest BCUT2D eigenvalue weighted by Gasteiger charge is 2.26. The molecule has 0 bridgehead atoms. The molecule has 1 fully saturated rings. The monoisotopic (exact) mass is 154 g/mol. The average molecular weight is 154 g/mol. The van der Waals surface area contributed by atoms with Crippen molar-refractivity contribution in [3.05, 3.63) is 0 Å². The molecule has 0 saturated heterocycles. The molecule has 0 radical (unpaired) electrons. The molecule has 1 rings (SSSR count). The molecular formula is C10H18O. The van der Waals surface area contributed by atoms with Crippen LogP contribution in [-0.4, -0.2) is 6.29 Å². The molecular weight excluding hydrogens is 136 g/mol. The number of carbonyl (C=O) groups is 1. The number of unbranched alkanes of at least 4 members (excludes halogenated alkanes) is 2. The quantitative estimate of drug-likeness (QED) is 0.424. The van der Waals surface area contributed by atoms with Crippen LogP contribution in [0.4, 0.5) is 0 Å². The van der Waals surface area contributed by atoms with Gasteiger partial charge in [0.25, 0.3) is 0 Å². The van der Waals surface area contributed by atoms with E-state index in [0.717, 1.165) is 31.0 Å². The zero-order valence-electron chi connectivity index (χ0n) is 7.38. The minimum atomic E-state index is 0.761. The van der Waals surface area contributed by atoms with Crippen molar-refractivity contribution >= 4 is 6.29 Å². The van der Waals surface area contributed by atoms with Crippen LogP contribution in [0.5, 0.6) is 0 Å². The summed E-state index contributed by atoms with van der Waals surface area (Å²) in [7, 11) is 0. The second-order valence-corrected chi connectivity index (χ2v) is 3.77. The van der Waals surface area contributed by atoms with Gasteiger partial charge in [-0.3, -0.25) is 0 Å². The molecule has 1 saturated carbocycles. The SMILES string of the molecule is CC(CCCCC=O)C1CC1. The van der Waals surface area contributed by atoms with Crippen molar-refractivity contribution in [2.45, 2.75) is 45.4 Å². The first-order valence-electron chi connectivity index (χ1n) is 4.78. The summed E-state index contributed by atoms with van der Waals surface area (Å²) in [5.74, 6) is 1.95. The Kier molecular flexibility index (Phi) is 3.61. The summed E-state index contributed by atoms with van der Waals surface area (Å²) >= 11 is 0. The molecule has 64 valence electrons. The number of hydrogen-bond donors (Lipinski definition) is 0. The Bertz CT molecular complexity index is 116. The lowest BCUT2D eigenvalue weighted by Gasteiger charge is -2.07. The lowest BCUT2D eigenvalue weighted by Crippen LogP contribution is -1.96. The average Bonchev–Trinajstić information content (AvgIpc) is 2.79. The van der Waals surface area contributed by atoms with Crippen molar-refractivity contribution in [2.75, 3.05) is 0 Å². The van der Waals surface area contributed by atoms with Crippen LogP contribution in [0.1, 0.15) is 45.4 Å². The van der Waals surface area contributed by atoms with Crippen LogP contribution >= 0.6 is 0 Å². The predicted octanol–water partition coefficient (Wildman–Crippen LogP) is 2.79. The summed E-state index contributed by atoms with van der Waals surface area (Å²) in [4.78, 5) is 10.00. The van der Waals surface area contributed by atoms with Gasteiger partial charge in [0.2, 0.25) is 0 Å². The van der Waals surface area contributed by atoms with Crippen molar-refractivity contribution in [3.63, 3.8) is 0 Å². The van der Waals surface area contributed by atoms with Gasteiger partial charge in [0.05, 0.1) is 0 Å². The zero-order chi connectivity index (χ0) is 8.10. The van der Waals surface area contributed by atoms with E-state index in [1.807, 2.05) is 0 Å². The molecule has 1 heteroatoms. The zero-order valence-corrected chi connectivity index (χ0v) is 7.38. The standard InChI is InChI=1S/C10H18O/c1-9(10-6-7-10)5-3-2-4-8-11/h8-10H,2-7H2,1H3. The summed E-state index contributed by atoms with van der Waals surface area (Å²) < 4.78 is 0. The number of rotatable bonds is 6. The van der Waals surface area contributed by atoms with E-state index in [9.17, 15) is 4.79 Å². The minimum Gasteiger partial charge on any atom is -0.303 e. The molecule has 11 heavy (non-hydrogen) atoms. The number of carbonyl (C=O) groups excluding carboxylic acids is 1. The molecule has 1 nitrogen and oxygen atoms in total. The highest BCUT2D eigenvalue weighted by molar-refractivity contribution is 5.48. The third-order valence-corrected chi connectivity index (χ3v) is 2.66. The first-order valence-corrected chi connectivity index (χ1v) is 4.78. The predicted molar refractivity (Wildman–Crippen MR) is 46.4 cm³/mol. The van der Waals surface area contributed by atoms with Gasteiger partial charge in [-0.05, 0) is 31.1 Å². The topological polar surface area (TPSA) is 17.1 Å². The van der Waals surface area contributed by atoms with Gasteiger partial charge in [-0.25, -0.2) is 0 Å². The fourth-order valence-electron chi connectivity index (χ4n) is 1.59. The normalized spacial score (nSPS) is 19.7. The maximum atomic E-state index is 10.00. The molecule has 0 N–H and O–H groups in total. The molecule has 0 spiro atoms. The van der Waals surface area contributed by atoms with Crippen LogP contribution < -0.4 is 0 Å². The van der Waals surface area contributed by atoms with Gasteiger partial charge < -0.3 is 4.79 Å². The lowest BCUT2D eigenvalue weighted by molar-refractivity contribution is -0.107. The molecule has 0 aromatic carbocycles. The molecule has 0 aromatic heterocycles. The second-order valence-electron chi connectivity index (χ2n) is 3.77. The fourth-order valence-corrected chi connectivity index (χ4v) is 1.59. The van der Waals surface area contributed by atoms with Gasteiger partial charge in [0.15, 0.2) is 0 Å². The Morgan fingerprint density at radius 3 is 2.73 bits per heavy atom. The van der Waals surface area contributed by atoms with E-state index >= 15 is 0 Å². The van der Waals surface area contributed by atoms with Gasteiger partial charge in [-0.2, -0.15) is 0 Å². The number of hydrogen-bond acceptors (Lipinski definition) is 1. The van der Waals surface area contributed by atoms with E-state index in [1.165, 1.54) is 25.7 Å². The molecule has 1 aliphatic rings. The summed E-state index contributed by atoms with van der Waals surface area (Å²) in [6.45, 7) is 2.35. The van der Waals surface area contributed by atoms with Gasteiger partial charge in [-0.15, -0.1) is 0 Å². The van der Waals surface area contributed by atoms with Crippen LogP contribution in [0.25, 0.3) is 0 Å². The van der Waals surface area contributed by atoms with Crippen molar-refractivity contribution in [2.24, 2.45) is 11.8 Å². The van der Waals surface area contributed by atoms with E-state index in [4.69, 9.17) is 0 Å². The van der Waals surface area contributed by atoms with Gasteiger partial charge >= 0.3 is 0 Å². The van der Waals surface area contributed by atoms with Crippen molar-refractivity contribution < 1.29 is 4.79 Å². The Hall–Kier alpha value is -0.330. The molecule has 0 aromatic rings. The third-order valence-electron chi connectivity index (χ3n) is 2.66. The van der Waals surface area contributed by atoms with Crippen LogP contribution in [0.2, 0.25) is 0 Å². The minimum absolute atomic E-state index is 0.761. The Morgan fingerprint density at radius 2 is 2.18 bits per heavy atom. The van der Waals surface area contributed by atoms with E-state index in [2.05, 4.69) is 6.92 Å². The Balaban J connectivity index is 1.88. The maximum Gasteiger partial charge on any atom is 0.119 e. The molecule has 0 amide bonds. The molecule has 0 aliphatic heterocycles. The van der Waals surface area contributed by atoms with Crippen LogP contribution in [-0.2, 0) is 4.79 Å². The highest BCUT2D eigenvalue weighted by Crippen LogP contribution is 2.38. The molecule has 0 heterocycles. The maximum absolute atomic E-state index is 10.00. The van der Waals surface area contributed by atoms with E-state index < -0.39 is 0 Å². The van der Waals surface area contributed by atoms with Crippen molar-refractivity contribution in [1.82, 2.24) is 0 Å². The van der Waals surface area contributed by atoms with E-state index in [0.29, 0.717) is 0 Å². The van der Waals surface area contributed by atoms with E-state index in [1.54, 1.807) is 0 Å². The summed E-state index contributed by atoms with van der Waals surface area (Å²) in [6.07, 6.45) is 8.37. The van der Waals surface area contributed by atoms with Crippen LogP contribution in [0.15, 0.2) is 0 Å². The Labute approximate surface area is 69.2 Å². The van der Waals surface area contributed by atoms with E-state index in [-0.39, 0.29) is 0 Å². The molecule has 1 aliphatic carbocycles. The smallest absolute Gasteiger partial charge is 0.119 e. The van der Waals surface area contributed by atoms with Crippen molar-refractivity contribution in [3.8, 4) is 0 Å². The van der Waals surface area contributed by atoms with Gasteiger partial charge in [-0.1, -0.05) is 19.8 Å². The fraction of sp³-hybridized carbons (Fsp3) is 0.900. The van der Waals surface area contributed by atoms with Crippen LogP contribution in [0, 0.1) is 11.8 Å². The van der Waals surface area contributed by atoms with Crippen molar-refractivity contribution in [1.29, 1.82) is 0 Å². The highest BCUT2D eigenvalue weighted by atomic mass is 16.1. The lowest BCUT2D eigenvalue weighted by atomic mass is 9.99. The Morgan fingerprint density at radius 1 is 1.45 bits per heavy atom. The molecule has 1 atom stereocenters. The molecule has 1 unspecified atom stereocenters. The first-order chi connectivity index (χ1) is 5.34. The van der Waals surface area contributed by atoms with Gasteiger partial charge in [0, 0.05) is 6.42 Å². The largest absolute Gasteiger partial charge is 0.303 e. The summed E-state index contributed by atoms with van der Waals surface area (Å²) in [5.41, 5.74) is 0. The van der Waals surface area contributed by atoms with Crippen LogP contribution in [0.3, 0.4) is 0 Å². The summed E-state index contributed by atoms with van der Waals surface area (Å²) in [6, 6.07) is 0. The summed E-state index contributed by atoms with van der Waals surface area (Å²) in [5, 5.41) is 0. The second kappa shape index (κ2) is 4.53.